The monoisotopic (exact) mass is 267 g/mol. The number of hydrogen-bond donors (Lipinski definition) is 1. The SMILES string of the molecule is CCCCC(CC)CNC(=O)CCc1cccs1. The third-order valence-electron chi connectivity index (χ3n) is 3.31. The molecule has 3 heteroatoms. The van der Waals surface area contributed by atoms with Gasteiger partial charge >= 0.3 is 0 Å². The highest BCUT2D eigenvalue weighted by Crippen LogP contribution is 2.12. The molecule has 0 aliphatic rings. The van der Waals surface area contributed by atoms with Gasteiger partial charge in [-0.25, -0.2) is 0 Å². The number of nitrogens with one attached hydrogen (secondary N) is 1. The van der Waals surface area contributed by atoms with E-state index in [2.05, 4.69) is 30.6 Å². The van der Waals surface area contributed by atoms with Gasteiger partial charge in [0.1, 0.15) is 0 Å². The van der Waals surface area contributed by atoms with Crippen molar-refractivity contribution in [2.45, 2.75) is 52.4 Å². The van der Waals surface area contributed by atoms with E-state index < -0.39 is 0 Å². The second-order valence-electron chi connectivity index (χ2n) is 4.80. The molecule has 1 N–H and O–H groups in total. The third kappa shape index (κ3) is 6.20. The second-order valence-corrected chi connectivity index (χ2v) is 5.83. The van der Waals surface area contributed by atoms with E-state index in [1.165, 1.54) is 24.1 Å². The lowest BCUT2D eigenvalue weighted by molar-refractivity contribution is -0.121. The molecule has 18 heavy (non-hydrogen) atoms. The molecule has 0 aromatic carbocycles. The highest BCUT2D eigenvalue weighted by atomic mass is 32.1. The molecule has 1 amide bonds. The average Bonchev–Trinajstić information content (AvgIpc) is 2.89. The van der Waals surface area contributed by atoms with Crippen molar-refractivity contribution < 1.29 is 4.79 Å². The number of carbonyl (C=O) groups is 1. The lowest BCUT2D eigenvalue weighted by Gasteiger charge is -2.15. The summed E-state index contributed by atoms with van der Waals surface area (Å²) in [5.74, 6) is 0.842. The van der Waals surface area contributed by atoms with Crippen LogP contribution in [-0.4, -0.2) is 12.5 Å². The predicted molar refractivity (Wildman–Crippen MR) is 79.0 cm³/mol. The van der Waals surface area contributed by atoms with Gasteiger partial charge < -0.3 is 5.32 Å². The summed E-state index contributed by atoms with van der Waals surface area (Å²) in [7, 11) is 0. The van der Waals surface area contributed by atoms with Crippen LogP contribution >= 0.6 is 11.3 Å². The molecule has 1 aromatic heterocycles. The van der Waals surface area contributed by atoms with E-state index in [0.29, 0.717) is 12.3 Å². The predicted octanol–water partition coefficient (Wildman–Crippen LogP) is 4.01. The van der Waals surface area contributed by atoms with Crippen molar-refractivity contribution in [3.8, 4) is 0 Å². The Morgan fingerprint density at radius 3 is 2.89 bits per heavy atom. The zero-order valence-electron chi connectivity index (χ0n) is 11.6. The first-order valence-corrected chi connectivity index (χ1v) is 7.93. The maximum atomic E-state index is 11.7. The number of unbranched alkanes of at least 4 members (excludes halogenated alkanes) is 1. The maximum Gasteiger partial charge on any atom is 0.220 e. The highest BCUT2D eigenvalue weighted by molar-refractivity contribution is 7.09. The first-order valence-electron chi connectivity index (χ1n) is 7.05. The van der Waals surface area contributed by atoms with Crippen molar-refractivity contribution >= 4 is 17.2 Å². The number of carbonyl (C=O) groups excluding carboxylic acids is 1. The standard InChI is InChI=1S/C15H25NOS/c1-3-5-7-13(4-2)12-16-15(17)10-9-14-8-6-11-18-14/h6,8,11,13H,3-5,7,9-10,12H2,1-2H3,(H,16,17). The molecular formula is C15H25NOS. The Kier molecular flexibility index (Phi) is 7.74. The summed E-state index contributed by atoms with van der Waals surface area (Å²) in [4.78, 5) is 13.0. The van der Waals surface area contributed by atoms with Crippen LogP contribution in [0.25, 0.3) is 0 Å². The lowest BCUT2D eigenvalue weighted by Crippen LogP contribution is -2.29. The van der Waals surface area contributed by atoms with Crippen LogP contribution in [0.3, 0.4) is 0 Å². The van der Waals surface area contributed by atoms with E-state index >= 15 is 0 Å². The molecule has 1 aromatic rings. The van der Waals surface area contributed by atoms with Gasteiger partial charge in [-0.05, 0) is 30.2 Å². The van der Waals surface area contributed by atoms with Gasteiger partial charge in [-0.1, -0.05) is 39.2 Å². The molecule has 0 saturated carbocycles. The van der Waals surface area contributed by atoms with Crippen LogP contribution in [0.1, 0.15) is 50.8 Å². The van der Waals surface area contributed by atoms with Gasteiger partial charge in [-0.15, -0.1) is 11.3 Å². The summed E-state index contributed by atoms with van der Waals surface area (Å²) < 4.78 is 0. The van der Waals surface area contributed by atoms with Crippen LogP contribution in [-0.2, 0) is 11.2 Å². The van der Waals surface area contributed by atoms with Gasteiger partial charge in [0.2, 0.25) is 5.91 Å². The van der Waals surface area contributed by atoms with E-state index in [-0.39, 0.29) is 5.91 Å². The molecule has 0 aliphatic carbocycles. The molecular weight excluding hydrogens is 242 g/mol. The van der Waals surface area contributed by atoms with Gasteiger partial charge in [0, 0.05) is 17.8 Å². The van der Waals surface area contributed by atoms with Crippen LogP contribution < -0.4 is 5.32 Å². The van der Waals surface area contributed by atoms with Gasteiger partial charge in [0.25, 0.3) is 0 Å². The molecule has 0 bridgehead atoms. The van der Waals surface area contributed by atoms with Crippen LogP contribution in [0.2, 0.25) is 0 Å². The minimum absolute atomic E-state index is 0.193. The summed E-state index contributed by atoms with van der Waals surface area (Å²) >= 11 is 1.72. The van der Waals surface area contributed by atoms with Gasteiger partial charge in [-0.2, -0.15) is 0 Å². The fraction of sp³-hybridized carbons (Fsp3) is 0.667. The molecule has 0 aliphatic heterocycles. The van der Waals surface area contributed by atoms with Crippen LogP contribution in [0.4, 0.5) is 0 Å². The first kappa shape index (κ1) is 15.2. The highest BCUT2D eigenvalue weighted by Gasteiger charge is 2.08. The van der Waals surface area contributed by atoms with Crippen molar-refractivity contribution in [1.82, 2.24) is 5.32 Å². The third-order valence-corrected chi connectivity index (χ3v) is 4.25. The van der Waals surface area contributed by atoms with Crippen molar-refractivity contribution in [3.05, 3.63) is 22.4 Å². The Bertz CT molecular complexity index is 321. The molecule has 0 fully saturated rings. The molecule has 0 spiro atoms. The minimum Gasteiger partial charge on any atom is -0.356 e. The molecule has 1 heterocycles. The van der Waals surface area contributed by atoms with E-state index in [4.69, 9.17) is 0 Å². The molecule has 1 unspecified atom stereocenters. The number of hydrogen-bond acceptors (Lipinski definition) is 2. The fourth-order valence-electron chi connectivity index (χ4n) is 1.98. The van der Waals surface area contributed by atoms with Crippen molar-refractivity contribution in [2.24, 2.45) is 5.92 Å². The first-order chi connectivity index (χ1) is 8.76. The molecule has 102 valence electrons. The van der Waals surface area contributed by atoms with E-state index in [0.717, 1.165) is 19.4 Å². The normalized spacial score (nSPS) is 12.3. The maximum absolute atomic E-state index is 11.7. The number of amides is 1. The van der Waals surface area contributed by atoms with Gasteiger partial charge in [0.05, 0.1) is 0 Å². The van der Waals surface area contributed by atoms with Crippen LogP contribution in [0.15, 0.2) is 17.5 Å². The molecule has 0 radical (unpaired) electrons. The number of rotatable bonds is 9. The summed E-state index contributed by atoms with van der Waals surface area (Å²) in [6.45, 7) is 5.27. The van der Waals surface area contributed by atoms with Crippen LogP contribution in [0, 0.1) is 5.92 Å². The number of thiophene rings is 1. The quantitative estimate of drug-likeness (QED) is 0.719. The summed E-state index contributed by atoms with van der Waals surface area (Å²) in [5, 5.41) is 5.13. The van der Waals surface area contributed by atoms with Crippen molar-refractivity contribution in [2.75, 3.05) is 6.54 Å². The minimum atomic E-state index is 0.193. The second kappa shape index (κ2) is 9.15. The Labute approximate surface area is 115 Å². The zero-order chi connectivity index (χ0) is 13.2. The van der Waals surface area contributed by atoms with Gasteiger partial charge in [0.15, 0.2) is 0 Å². The van der Waals surface area contributed by atoms with Crippen LogP contribution in [0.5, 0.6) is 0 Å². The lowest BCUT2D eigenvalue weighted by atomic mass is 9.99. The topological polar surface area (TPSA) is 29.1 Å². The van der Waals surface area contributed by atoms with Crippen molar-refractivity contribution in [3.63, 3.8) is 0 Å². The van der Waals surface area contributed by atoms with Crippen molar-refractivity contribution in [1.29, 1.82) is 0 Å². The molecule has 1 atom stereocenters. The average molecular weight is 267 g/mol. The van der Waals surface area contributed by atoms with E-state index in [1.54, 1.807) is 11.3 Å². The zero-order valence-corrected chi connectivity index (χ0v) is 12.4. The van der Waals surface area contributed by atoms with E-state index in [9.17, 15) is 4.79 Å². The Morgan fingerprint density at radius 2 is 2.28 bits per heavy atom. The largest absolute Gasteiger partial charge is 0.356 e. The fourth-order valence-corrected chi connectivity index (χ4v) is 2.69. The molecule has 0 saturated heterocycles. The Balaban J connectivity index is 2.15. The summed E-state index contributed by atoms with van der Waals surface area (Å²) in [5.41, 5.74) is 0. The Hall–Kier alpha value is -0.830. The Morgan fingerprint density at radius 1 is 1.44 bits per heavy atom. The van der Waals surface area contributed by atoms with E-state index in [1.807, 2.05) is 6.07 Å². The van der Waals surface area contributed by atoms with Gasteiger partial charge in [-0.3, -0.25) is 4.79 Å². The smallest absolute Gasteiger partial charge is 0.220 e. The summed E-state index contributed by atoms with van der Waals surface area (Å²) in [6.07, 6.45) is 6.38. The molecule has 2 nitrogen and oxygen atoms in total. The summed E-state index contributed by atoms with van der Waals surface area (Å²) in [6, 6.07) is 4.13. The molecule has 1 rings (SSSR count). The number of aryl methyl sites for hydroxylation is 1.